The topological polar surface area (TPSA) is 80.9 Å². The molecule has 0 aliphatic rings. The van der Waals surface area contributed by atoms with Crippen molar-refractivity contribution in [1.82, 2.24) is 15.8 Å². The number of aryl methyl sites for hydroxylation is 2. The Morgan fingerprint density at radius 2 is 1.93 bits per heavy atom. The Labute approximate surface area is 167 Å². The number of methoxy groups -OCH3 is 1. The molecule has 0 atom stereocenters. The summed E-state index contributed by atoms with van der Waals surface area (Å²) < 4.78 is 16.3. The van der Waals surface area contributed by atoms with Gasteiger partial charge in [0.15, 0.2) is 5.96 Å². The molecule has 0 bridgehead atoms. The SMILES string of the molecule is CCc1noc(CC)c1CNC(=NC)NCCCOCc1ccc(OC)cc1. The van der Waals surface area contributed by atoms with Gasteiger partial charge in [-0.2, -0.15) is 0 Å². The summed E-state index contributed by atoms with van der Waals surface area (Å²) in [6, 6.07) is 7.92. The maximum absolute atomic E-state index is 5.73. The lowest BCUT2D eigenvalue weighted by molar-refractivity contribution is 0.119. The Morgan fingerprint density at radius 1 is 1.14 bits per heavy atom. The molecule has 0 radical (unpaired) electrons. The van der Waals surface area contributed by atoms with Crippen LogP contribution in [0.2, 0.25) is 0 Å². The maximum atomic E-state index is 5.73. The molecule has 2 rings (SSSR count). The van der Waals surface area contributed by atoms with Gasteiger partial charge in [-0.25, -0.2) is 0 Å². The van der Waals surface area contributed by atoms with Crippen molar-refractivity contribution in [3.8, 4) is 5.75 Å². The summed E-state index contributed by atoms with van der Waals surface area (Å²) in [4.78, 5) is 4.27. The fourth-order valence-corrected chi connectivity index (χ4v) is 2.82. The van der Waals surface area contributed by atoms with Crippen molar-refractivity contribution in [2.24, 2.45) is 4.99 Å². The summed E-state index contributed by atoms with van der Waals surface area (Å²) in [5, 5.41) is 10.8. The van der Waals surface area contributed by atoms with E-state index >= 15 is 0 Å². The maximum Gasteiger partial charge on any atom is 0.191 e. The number of aromatic nitrogens is 1. The number of nitrogens with one attached hydrogen (secondary N) is 2. The first-order valence-corrected chi connectivity index (χ1v) is 9.83. The van der Waals surface area contributed by atoms with E-state index in [-0.39, 0.29) is 0 Å². The van der Waals surface area contributed by atoms with E-state index in [0.29, 0.717) is 19.8 Å². The first-order chi connectivity index (χ1) is 13.7. The highest BCUT2D eigenvalue weighted by atomic mass is 16.5. The van der Waals surface area contributed by atoms with Crippen LogP contribution in [-0.4, -0.2) is 38.4 Å². The van der Waals surface area contributed by atoms with Crippen molar-refractivity contribution in [1.29, 1.82) is 0 Å². The fourth-order valence-electron chi connectivity index (χ4n) is 2.82. The predicted molar refractivity (Wildman–Crippen MR) is 111 cm³/mol. The van der Waals surface area contributed by atoms with Crippen molar-refractivity contribution in [3.63, 3.8) is 0 Å². The molecule has 2 N–H and O–H groups in total. The van der Waals surface area contributed by atoms with E-state index in [9.17, 15) is 0 Å². The molecule has 0 saturated heterocycles. The molecule has 1 aromatic carbocycles. The van der Waals surface area contributed by atoms with Crippen LogP contribution in [0.25, 0.3) is 0 Å². The van der Waals surface area contributed by atoms with Gasteiger partial charge >= 0.3 is 0 Å². The first-order valence-electron chi connectivity index (χ1n) is 9.83. The molecule has 0 aliphatic carbocycles. The van der Waals surface area contributed by atoms with Gasteiger partial charge in [-0.15, -0.1) is 0 Å². The Hall–Kier alpha value is -2.54. The highest BCUT2D eigenvalue weighted by molar-refractivity contribution is 5.79. The Balaban J connectivity index is 1.65. The van der Waals surface area contributed by atoms with Gasteiger partial charge in [0.1, 0.15) is 11.5 Å². The summed E-state index contributed by atoms with van der Waals surface area (Å²) in [6.07, 6.45) is 2.59. The normalized spacial score (nSPS) is 11.5. The molecule has 0 saturated carbocycles. The average molecular weight is 389 g/mol. The largest absolute Gasteiger partial charge is 0.497 e. The van der Waals surface area contributed by atoms with E-state index in [1.54, 1.807) is 14.2 Å². The zero-order valence-corrected chi connectivity index (χ0v) is 17.4. The summed E-state index contributed by atoms with van der Waals surface area (Å²) in [5.74, 6) is 2.56. The predicted octanol–water partition coefficient (Wildman–Crippen LogP) is 3.08. The van der Waals surface area contributed by atoms with Crippen LogP contribution in [0, 0.1) is 0 Å². The van der Waals surface area contributed by atoms with Crippen molar-refractivity contribution in [2.45, 2.75) is 46.3 Å². The third kappa shape index (κ3) is 6.56. The van der Waals surface area contributed by atoms with Gasteiger partial charge < -0.3 is 24.6 Å². The van der Waals surface area contributed by atoms with E-state index in [0.717, 1.165) is 60.1 Å². The zero-order valence-electron chi connectivity index (χ0n) is 17.4. The van der Waals surface area contributed by atoms with Crippen LogP contribution in [0.15, 0.2) is 33.8 Å². The first kappa shape index (κ1) is 21.8. The third-order valence-corrected chi connectivity index (χ3v) is 4.45. The summed E-state index contributed by atoms with van der Waals surface area (Å²) >= 11 is 0. The zero-order chi connectivity index (χ0) is 20.2. The number of hydrogen-bond acceptors (Lipinski definition) is 5. The highest BCUT2D eigenvalue weighted by Crippen LogP contribution is 2.15. The van der Waals surface area contributed by atoms with Crippen molar-refractivity contribution >= 4 is 5.96 Å². The van der Waals surface area contributed by atoms with Crippen molar-refractivity contribution in [3.05, 3.63) is 46.8 Å². The van der Waals surface area contributed by atoms with E-state index in [1.165, 1.54) is 0 Å². The Morgan fingerprint density at radius 3 is 2.57 bits per heavy atom. The lowest BCUT2D eigenvalue weighted by atomic mass is 10.1. The molecular weight excluding hydrogens is 356 g/mol. The monoisotopic (exact) mass is 388 g/mol. The molecule has 1 aromatic heterocycles. The second-order valence-electron chi connectivity index (χ2n) is 6.34. The van der Waals surface area contributed by atoms with Gasteiger partial charge in [0, 0.05) is 38.7 Å². The molecule has 0 fully saturated rings. The van der Waals surface area contributed by atoms with Gasteiger partial charge in [0.25, 0.3) is 0 Å². The molecule has 154 valence electrons. The minimum atomic E-state index is 0.601. The van der Waals surface area contributed by atoms with E-state index in [1.807, 2.05) is 24.3 Å². The van der Waals surface area contributed by atoms with E-state index in [4.69, 9.17) is 14.0 Å². The number of aliphatic imine (C=N–C) groups is 1. The molecule has 0 aliphatic heterocycles. The van der Waals surface area contributed by atoms with Crippen LogP contribution in [0.5, 0.6) is 5.75 Å². The van der Waals surface area contributed by atoms with Gasteiger partial charge in [-0.1, -0.05) is 31.1 Å². The Bertz CT molecular complexity index is 704. The molecule has 0 unspecified atom stereocenters. The molecule has 7 heteroatoms. The van der Waals surface area contributed by atoms with Crippen molar-refractivity contribution in [2.75, 3.05) is 27.3 Å². The Kier molecular flexibility index (Phi) is 9.34. The number of guanidine groups is 1. The van der Waals surface area contributed by atoms with Gasteiger partial charge in [0.05, 0.1) is 19.4 Å². The second-order valence-corrected chi connectivity index (χ2v) is 6.34. The van der Waals surface area contributed by atoms with Crippen LogP contribution >= 0.6 is 0 Å². The summed E-state index contributed by atoms with van der Waals surface area (Å²) in [7, 11) is 3.43. The fraction of sp³-hybridized carbons (Fsp3) is 0.524. The highest BCUT2D eigenvalue weighted by Gasteiger charge is 2.13. The number of rotatable bonds is 11. The van der Waals surface area contributed by atoms with Crippen LogP contribution in [0.1, 0.15) is 42.8 Å². The summed E-state index contributed by atoms with van der Waals surface area (Å²) in [6.45, 7) is 6.88. The minimum absolute atomic E-state index is 0.601. The standard InChI is InChI=1S/C21H32N4O3/c1-5-19-18(20(6-2)28-25-19)14-24-21(22-3)23-12-7-13-27-15-16-8-10-17(26-4)11-9-16/h8-11H,5-7,12-15H2,1-4H3,(H2,22,23,24). The van der Waals surface area contributed by atoms with Crippen LogP contribution in [0.3, 0.4) is 0 Å². The quantitative estimate of drug-likeness (QED) is 0.350. The third-order valence-electron chi connectivity index (χ3n) is 4.45. The average Bonchev–Trinajstić information content (AvgIpc) is 3.15. The van der Waals surface area contributed by atoms with E-state index < -0.39 is 0 Å². The smallest absolute Gasteiger partial charge is 0.191 e. The lowest BCUT2D eigenvalue weighted by Crippen LogP contribution is -2.37. The number of ether oxygens (including phenoxy) is 2. The molecule has 2 aromatic rings. The molecule has 28 heavy (non-hydrogen) atoms. The number of nitrogens with zero attached hydrogens (tertiary/aromatic N) is 2. The molecule has 0 amide bonds. The number of benzene rings is 1. The lowest BCUT2D eigenvalue weighted by Gasteiger charge is -2.12. The molecule has 0 spiro atoms. The van der Waals surface area contributed by atoms with Gasteiger partial charge in [0.2, 0.25) is 0 Å². The second kappa shape index (κ2) is 12.0. The van der Waals surface area contributed by atoms with E-state index in [2.05, 4.69) is 34.6 Å². The van der Waals surface area contributed by atoms with Crippen LogP contribution < -0.4 is 15.4 Å². The van der Waals surface area contributed by atoms with Gasteiger partial charge in [-0.05, 0) is 30.5 Å². The molecule has 7 nitrogen and oxygen atoms in total. The molecule has 1 heterocycles. The number of hydrogen-bond donors (Lipinski definition) is 2. The van der Waals surface area contributed by atoms with Crippen LogP contribution in [-0.2, 0) is 30.7 Å². The summed E-state index contributed by atoms with van der Waals surface area (Å²) in [5.41, 5.74) is 3.28. The minimum Gasteiger partial charge on any atom is -0.497 e. The molecular formula is C21H32N4O3. The van der Waals surface area contributed by atoms with Gasteiger partial charge in [-0.3, -0.25) is 4.99 Å². The van der Waals surface area contributed by atoms with Crippen molar-refractivity contribution < 1.29 is 14.0 Å². The van der Waals surface area contributed by atoms with Crippen LogP contribution in [0.4, 0.5) is 0 Å².